The van der Waals surface area contributed by atoms with E-state index in [4.69, 9.17) is 0 Å². The minimum atomic E-state index is -0.0457. The number of carbonyl (C=O) groups excluding carboxylic acids is 1. The lowest BCUT2D eigenvalue weighted by molar-refractivity contribution is -0.123. The first-order chi connectivity index (χ1) is 17.8. The molecule has 2 aromatic carbocycles. The molecule has 3 aliphatic rings. The Balaban J connectivity index is 1.16. The second kappa shape index (κ2) is 10.4. The Morgan fingerprint density at radius 2 is 1.86 bits per heavy atom. The molecule has 36 heavy (non-hydrogen) atoms. The van der Waals surface area contributed by atoms with Gasteiger partial charge in [0, 0.05) is 35.9 Å². The maximum absolute atomic E-state index is 12.7. The molecule has 1 N–H and O–H groups in total. The molecular weight excluding hydrogens is 444 g/mol. The summed E-state index contributed by atoms with van der Waals surface area (Å²) in [4.78, 5) is 15.1. The maximum Gasteiger partial charge on any atom is 0.254 e. The summed E-state index contributed by atoms with van der Waals surface area (Å²) in [6.45, 7) is 2.23. The van der Waals surface area contributed by atoms with Crippen LogP contribution in [-0.4, -0.2) is 34.7 Å². The van der Waals surface area contributed by atoms with Gasteiger partial charge < -0.3 is 4.57 Å². The van der Waals surface area contributed by atoms with Gasteiger partial charge in [-0.15, -0.1) is 0 Å². The predicted molar refractivity (Wildman–Crippen MR) is 147 cm³/mol. The van der Waals surface area contributed by atoms with E-state index in [1.807, 2.05) is 42.5 Å². The third-order valence-electron chi connectivity index (χ3n) is 8.37. The van der Waals surface area contributed by atoms with Gasteiger partial charge in [-0.05, 0) is 72.9 Å². The van der Waals surface area contributed by atoms with Crippen molar-refractivity contribution in [2.24, 2.45) is 5.10 Å². The summed E-state index contributed by atoms with van der Waals surface area (Å²) in [6, 6.07) is 17.7. The van der Waals surface area contributed by atoms with Crippen molar-refractivity contribution >= 4 is 29.1 Å². The van der Waals surface area contributed by atoms with Crippen molar-refractivity contribution in [3.05, 3.63) is 77.0 Å². The third-order valence-corrected chi connectivity index (χ3v) is 8.37. The highest BCUT2D eigenvalue weighted by atomic mass is 16.2. The molecule has 5 heteroatoms. The molecule has 0 unspecified atom stereocenters. The molecule has 0 bridgehead atoms. The summed E-state index contributed by atoms with van der Waals surface area (Å²) in [5, 5.41) is 5.60. The van der Waals surface area contributed by atoms with Gasteiger partial charge in [-0.25, -0.2) is 5.43 Å². The summed E-state index contributed by atoms with van der Waals surface area (Å²) < 4.78 is 2.56. The van der Waals surface area contributed by atoms with Crippen molar-refractivity contribution in [2.45, 2.75) is 69.9 Å². The molecule has 1 aromatic heterocycles. The molecular formula is C31H36N4O. The Kier molecular flexibility index (Phi) is 6.73. The van der Waals surface area contributed by atoms with Gasteiger partial charge in [0.05, 0.1) is 12.6 Å². The normalized spacial score (nSPS) is 20.8. The maximum atomic E-state index is 12.7. The number of nitrogens with zero attached hydrogens (tertiary/aromatic N) is 3. The topological polar surface area (TPSA) is 49.6 Å². The molecule has 1 amide bonds. The summed E-state index contributed by atoms with van der Waals surface area (Å²) in [5.74, 6) is 0.686. The second-order valence-electron chi connectivity index (χ2n) is 10.6. The number of hydrazone groups is 1. The molecule has 1 atom stereocenters. The van der Waals surface area contributed by atoms with Crippen LogP contribution in [0.15, 0.2) is 59.7 Å². The van der Waals surface area contributed by atoms with Crippen LogP contribution in [0.2, 0.25) is 0 Å². The standard InChI is InChI=1S/C31H36N4O/c36-30(33-32-18-8-11-23-9-3-1-4-10-23)22-34-19-20-35-28-17-16-25(24-12-5-2-6-13-24)21-27(28)26-14-7-15-29(34)31(26)35/h1,3-4,8-11,16-18,21,24,29H,2,5-7,12-15,19-20,22H2,(H,33,36)/b11-8+,32-18-/t29-/m1/s1. The van der Waals surface area contributed by atoms with E-state index in [-0.39, 0.29) is 5.91 Å². The number of aryl methyl sites for hydroxylation is 1. The van der Waals surface area contributed by atoms with Gasteiger partial charge in [-0.3, -0.25) is 9.69 Å². The smallest absolute Gasteiger partial charge is 0.254 e. The number of carbonyl (C=O) groups is 1. The number of benzene rings is 2. The average Bonchev–Trinajstić information content (AvgIpc) is 3.25. The Labute approximate surface area is 213 Å². The summed E-state index contributed by atoms with van der Waals surface area (Å²) in [7, 11) is 0. The lowest BCUT2D eigenvalue weighted by atomic mass is 9.83. The van der Waals surface area contributed by atoms with E-state index in [9.17, 15) is 4.79 Å². The Hall–Kier alpha value is -3.18. The molecule has 0 radical (unpaired) electrons. The molecule has 186 valence electrons. The van der Waals surface area contributed by atoms with Crippen molar-refractivity contribution < 1.29 is 4.79 Å². The summed E-state index contributed by atoms with van der Waals surface area (Å²) in [5.41, 5.74) is 9.76. The molecule has 1 aliphatic heterocycles. The van der Waals surface area contributed by atoms with Crippen LogP contribution in [0.25, 0.3) is 17.0 Å². The van der Waals surface area contributed by atoms with Gasteiger partial charge in [-0.1, -0.05) is 61.7 Å². The molecule has 0 saturated heterocycles. The van der Waals surface area contributed by atoms with Crippen LogP contribution in [-0.2, 0) is 17.8 Å². The predicted octanol–water partition coefficient (Wildman–Crippen LogP) is 6.20. The number of allylic oxidation sites excluding steroid dienone is 1. The molecule has 5 nitrogen and oxygen atoms in total. The van der Waals surface area contributed by atoms with Gasteiger partial charge in [-0.2, -0.15) is 5.10 Å². The molecule has 0 spiro atoms. The van der Waals surface area contributed by atoms with Crippen LogP contribution in [0, 0.1) is 0 Å². The minimum absolute atomic E-state index is 0.0457. The van der Waals surface area contributed by atoms with E-state index in [1.165, 1.54) is 60.7 Å². The minimum Gasteiger partial charge on any atom is -0.342 e. The zero-order valence-corrected chi connectivity index (χ0v) is 21.0. The molecule has 3 aromatic rings. The highest BCUT2D eigenvalue weighted by Crippen LogP contribution is 2.44. The summed E-state index contributed by atoms with van der Waals surface area (Å²) >= 11 is 0. The molecule has 2 aliphatic carbocycles. The quantitative estimate of drug-likeness (QED) is 0.337. The Morgan fingerprint density at radius 3 is 2.72 bits per heavy atom. The highest BCUT2D eigenvalue weighted by Gasteiger charge is 2.35. The largest absolute Gasteiger partial charge is 0.342 e. The van der Waals surface area contributed by atoms with Crippen LogP contribution in [0.1, 0.15) is 79.3 Å². The first-order valence-corrected chi connectivity index (χ1v) is 13.7. The van der Waals surface area contributed by atoms with Crippen molar-refractivity contribution in [3.8, 4) is 0 Å². The number of hydrogen-bond donors (Lipinski definition) is 1. The number of nitrogens with one attached hydrogen (secondary N) is 1. The van der Waals surface area contributed by atoms with Gasteiger partial charge in [0.2, 0.25) is 0 Å². The first kappa shape index (κ1) is 23.2. The SMILES string of the molecule is O=C(CN1CCn2c3c(c4cc(C5CCCCC5)ccc42)CCC[C@H]31)N/N=C\C=C\c1ccccc1. The van der Waals surface area contributed by atoms with Gasteiger partial charge in [0.1, 0.15) is 0 Å². The van der Waals surface area contributed by atoms with Crippen molar-refractivity contribution in [2.75, 3.05) is 13.1 Å². The van der Waals surface area contributed by atoms with Crippen molar-refractivity contribution in [3.63, 3.8) is 0 Å². The molecule has 1 fully saturated rings. The molecule has 2 heterocycles. The molecule has 6 rings (SSSR count). The van der Waals surface area contributed by atoms with Crippen LogP contribution in [0.3, 0.4) is 0 Å². The van der Waals surface area contributed by atoms with Gasteiger partial charge in [0.15, 0.2) is 0 Å². The van der Waals surface area contributed by atoms with Crippen molar-refractivity contribution in [1.29, 1.82) is 0 Å². The van der Waals surface area contributed by atoms with E-state index in [0.717, 1.165) is 37.4 Å². The first-order valence-electron chi connectivity index (χ1n) is 13.7. The van der Waals surface area contributed by atoms with E-state index in [0.29, 0.717) is 12.6 Å². The number of hydrogen-bond acceptors (Lipinski definition) is 3. The van der Waals surface area contributed by atoms with Crippen LogP contribution >= 0.6 is 0 Å². The third kappa shape index (κ3) is 4.64. The van der Waals surface area contributed by atoms with Crippen LogP contribution < -0.4 is 5.43 Å². The van der Waals surface area contributed by atoms with Crippen LogP contribution in [0.4, 0.5) is 0 Å². The van der Waals surface area contributed by atoms with E-state index in [1.54, 1.807) is 11.8 Å². The lowest BCUT2D eigenvalue weighted by Gasteiger charge is -2.39. The van der Waals surface area contributed by atoms with E-state index >= 15 is 0 Å². The van der Waals surface area contributed by atoms with Crippen LogP contribution in [0.5, 0.6) is 0 Å². The zero-order chi connectivity index (χ0) is 24.3. The molecule has 1 saturated carbocycles. The lowest BCUT2D eigenvalue weighted by Crippen LogP contribution is -2.44. The monoisotopic (exact) mass is 480 g/mol. The highest BCUT2D eigenvalue weighted by molar-refractivity contribution is 5.87. The number of amides is 1. The number of fused-ring (bicyclic) bond motifs is 3. The number of aromatic nitrogens is 1. The summed E-state index contributed by atoms with van der Waals surface area (Å²) in [6.07, 6.45) is 15.7. The van der Waals surface area contributed by atoms with E-state index < -0.39 is 0 Å². The fourth-order valence-corrected chi connectivity index (χ4v) is 6.66. The fourth-order valence-electron chi connectivity index (χ4n) is 6.66. The Morgan fingerprint density at radius 1 is 1.00 bits per heavy atom. The second-order valence-corrected chi connectivity index (χ2v) is 10.6. The number of rotatable bonds is 6. The van der Waals surface area contributed by atoms with Crippen molar-refractivity contribution in [1.82, 2.24) is 14.9 Å². The zero-order valence-electron chi connectivity index (χ0n) is 21.0. The van der Waals surface area contributed by atoms with E-state index in [2.05, 4.69) is 38.2 Å². The fraction of sp³-hybridized carbons (Fsp3) is 0.419. The van der Waals surface area contributed by atoms with Gasteiger partial charge in [0.25, 0.3) is 5.91 Å². The average molecular weight is 481 g/mol. The van der Waals surface area contributed by atoms with Gasteiger partial charge >= 0.3 is 0 Å². The Bertz CT molecular complexity index is 1280.